The molecule has 10 rings (SSSR count). The number of hydrogen-bond donors (Lipinski definition) is 0. The lowest BCUT2D eigenvalue weighted by atomic mass is 9.68. The third kappa shape index (κ3) is 5.64. The molecule has 1 aromatic heterocycles. The molecule has 1 saturated carbocycles. The van der Waals surface area contributed by atoms with Gasteiger partial charge in [-0.3, -0.25) is 0 Å². The van der Waals surface area contributed by atoms with Crippen LogP contribution in [0.15, 0.2) is 176 Å². The van der Waals surface area contributed by atoms with Gasteiger partial charge in [0, 0.05) is 22.1 Å². The number of aromatic nitrogens is 3. The first-order valence-corrected chi connectivity index (χ1v) is 19.2. The normalized spacial score (nSPS) is 14.1. The van der Waals surface area contributed by atoms with E-state index in [1.807, 2.05) is 60.7 Å². The molecule has 7 aromatic carbocycles. The second-order valence-corrected chi connectivity index (χ2v) is 14.7. The van der Waals surface area contributed by atoms with Crippen molar-refractivity contribution in [3.8, 4) is 78.7 Å². The molecule has 3 heteroatoms. The molecule has 0 bridgehead atoms. The van der Waals surface area contributed by atoms with Crippen molar-refractivity contribution in [2.75, 3.05) is 0 Å². The highest BCUT2D eigenvalue weighted by atomic mass is 15.0. The highest BCUT2D eigenvalue weighted by molar-refractivity contribution is 5.93. The lowest BCUT2D eigenvalue weighted by Crippen LogP contribution is -2.27. The van der Waals surface area contributed by atoms with Gasteiger partial charge in [0.1, 0.15) is 0 Å². The Morgan fingerprint density at radius 1 is 0.315 bits per heavy atom. The summed E-state index contributed by atoms with van der Waals surface area (Å²) in [7, 11) is 0. The fraction of sp³-hybridized carbons (Fsp3) is 0.118. The average Bonchev–Trinajstić information content (AvgIpc) is 3.53. The van der Waals surface area contributed by atoms with Crippen molar-refractivity contribution in [3.05, 3.63) is 187 Å². The molecule has 0 N–H and O–H groups in total. The lowest BCUT2D eigenvalue weighted by molar-refractivity contribution is 0.353. The third-order valence-corrected chi connectivity index (χ3v) is 11.6. The molecule has 0 unspecified atom stereocenters. The Bertz CT molecular complexity index is 2550. The molecule has 1 fully saturated rings. The molecular formula is C51H39N3. The van der Waals surface area contributed by atoms with Crippen LogP contribution in [0, 0.1) is 0 Å². The predicted molar refractivity (Wildman–Crippen MR) is 222 cm³/mol. The van der Waals surface area contributed by atoms with E-state index >= 15 is 0 Å². The van der Waals surface area contributed by atoms with Crippen LogP contribution < -0.4 is 0 Å². The number of benzene rings is 7. The summed E-state index contributed by atoms with van der Waals surface area (Å²) in [6.07, 6.45) is 6.45. The quantitative estimate of drug-likeness (QED) is 0.174. The van der Waals surface area contributed by atoms with E-state index in [0.29, 0.717) is 17.5 Å². The first kappa shape index (κ1) is 32.2. The van der Waals surface area contributed by atoms with E-state index in [1.165, 1.54) is 82.2 Å². The highest BCUT2D eigenvalue weighted by Crippen LogP contribution is 2.57. The molecule has 0 radical (unpaired) electrons. The average molecular weight is 694 g/mol. The SMILES string of the molecule is c1ccc(-c2nc(-c3ccccc3)nc(-c3ccc(-c4ccc(-c5cccc(-c6cccc7c6-c6ccccc6C76CCCCC6)c5)cc4)cc3)n2)cc1. The molecule has 2 aliphatic rings. The van der Waals surface area contributed by atoms with E-state index in [-0.39, 0.29) is 5.41 Å². The molecule has 1 heterocycles. The highest BCUT2D eigenvalue weighted by Gasteiger charge is 2.44. The molecule has 2 aliphatic carbocycles. The number of rotatable bonds is 6. The number of hydrogen-bond acceptors (Lipinski definition) is 3. The van der Waals surface area contributed by atoms with Gasteiger partial charge >= 0.3 is 0 Å². The van der Waals surface area contributed by atoms with Crippen LogP contribution in [0.5, 0.6) is 0 Å². The summed E-state index contributed by atoms with van der Waals surface area (Å²) in [6, 6.07) is 63.0. The van der Waals surface area contributed by atoms with Crippen molar-refractivity contribution in [2.24, 2.45) is 0 Å². The molecule has 0 saturated heterocycles. The van der Waals surface area contributed by atoms with Crippen LogP contribution in [-0.2, 0) is 5.41 Å². The topological polar surface area (TPSA) is 38.7 Å². The van der Waals surface area contributed by atoms with Gasteiger partial charge in [-0.15, -0.1) is 0 Å². The smallest absolute Gasteiger partial charge is 0.164 e. The van der Waals surface area contributed by atoms with E-state index in [9.17, 15) is 0 Å². The molecule has 0 amide bonds. The summed E-state index contributed by atoms with van der Waals surface area (Å²) in [4.78, 5) is 14.7. The van der Waals surface area contributed by atoms with E-state index in [2.05, 4.69) is 115 Å². The maximum absolute atomic E-state index is 4.91. The molecule has 8 aromatic rings. The van der Waals surface area contributed by atoms with Gasteiger partial charge in [-0.1, -0.05) is 189 Å². The molecule has 0 aliphatic heterocycles. The fourth-order valence-electron chi connectivity index (χ4n) is 8.91. The van der Waals surface area contributed by atoms with E-state index in [1.54, 1.807) is 0 Å². The summed E-state index contributed by atoms with van der Waals surface area (Å²) in [6.45, 7) is 0. The third-order valence-electron chi connectivity index (χ3n) is 11.6. The van der Waals surface area contributed by atoms with E-state index in [0.717, 1.165) is 22.3 Å². The minimum atomic E-state index is 0.160. The van der Waals surface area contributed by atoms with Crippen LogP contribution in [0.1, 0.15) is 43.2 Å². The fourth-order valence-corrected chi connectivity index (χ4v) is 8.91. The van der Waals surface area contributed by atoms with Gasteiger partial charge in [0.05, 0.1) is 0 Å². The van der Waals surface area contributed by atoms with E-state index in [4.69, 9.17) is 15.0 Å². The van der Waals surface area contributed by atoms with E-state index < -0.39 is 0 Å². The van der Waals surface area contributed by atoms with Crippen LogP contribution in [0.2, 0.25) is 0 Å². The molecular weight excluding hydrogens is 655 g/mol. The van der Waals surface area contributed by atoms with Crippen molar-refractivity contribution in [2.45, 2.75) is 37.5 Å². The Kier molecular flexibility index (Phi) is 8.06. The summed E-state index contributed by atoms with van der Waals surface area (Å²) in [5, 5.41) is 0. The lowest BCUT2D eigenvalue weighted by Gasteiger charge is -2.36. The van der Waals surface area contributed by atoms with Crippen LogP contribution in [0.4, 0.5) is 0 Å². The molecule has 258 valence electrons. The van der Waals surface area contributed by atoms with Gasteiger partial charge in [0.25, 0.3) is 0 Å². The van der Waals surface area contributed by atoms with Crippen molar-refractivity contribution < 1.29 is 0 Å². The minimum absolute atomic E-state index is 0.160. The van der Waals surface area contributed by atoms with Gasteiger partial charge in [-0.25, -0.2) is 15.0 Å². The maximum Gasteiger partial charge on any atom is 0.164 e. The zero-order valence-electron chi connectivity index (χ0n) is 30.1. The van der Waals surface area contributed by atoms with Crippen molar-refractivity contribution in [3.63, 3.8) is 0 Å². The van der Waals surface area contributed by atoms with Crippen LogP contribution in [0.3, 0.4) is 0 Å². The van der Waals surface area contributed by atoms with Crippen molar-refractivity contribution in [1.29, 1.82) is 0 Å². The second-order valence-electron chi connectivity index (χ2n) is 14.7. The summed E-state index contributed by atoms with van der Waals surface area (Å²) >= 11 is 0. The van der Waals surface area contributed by atoms with Crippen LogP contribution in [-0.4, -0.2) is 15.0 Å². The Morgan fingerprint density at radius 3 is 1.35 bits per heavy atom. The Morgan fingerprint density at radius 2 is 0.741 bits per heavy atom. The van der Waals surface area contributed by atoms with Crippen molar-refractivity contribution >= 4 is 0 Å². The van der Waals surface area contributed by atoms with Gasteiger partial charge in [-0.2, -0.15) is 0 Å². The zero-order chi connectivity index (χ0) is 35.9. The second kappa shape index (κ2) is 13.5. The zero-order valence-corrected chi connectivity index (χ0v) is 30.1. The molecule has 3 nitrogen and oxygen atoms in total. The van der Waals surface area contributed by atoms with Gasteiger partial charge < -0.3 is 0 Å². The van der Waals surface area contributed by atoms with Crippen LogP contribution >= 0.6 is 0 Å². The maximum atomic E-state index is 4.91. The Labute approximate surface area is 317 Å². The van der Waals surface area contributed by atoms with Gasteiger partial charge in [0.15, 0.2) is 17.5 Å². The standard InChI is InChI=1S/C51H39N3/c1-4-14-38(15-5-1)48-52-49(39-16-6-2-7-17-39)54-50(53-48)40-30-28-36(29-31-40)35-24-26-37(27-25-35)41-18-12-19-42(34-41)43-21-13-23-46-47(43)44-20-8-9-22-45(44)51(46)32-10-3-11-33-51/h1-2,4-9,12-31,34H,3,10-11,32-33H2. The number of nitrogens with zero attached hydrogens (tertiary/aromatic N) is 3. The molecule has 0 atom stereocenters. The first-order chi connectivity index (χ1) is 26.7. The Hall–Kier alpha value is -6.45. The first-order valence-electron chi connectivity index (χ1n) is 19.2. The minimum Gasteiger partial charge on any atom is -0.208 e. The monoisotopic (exact) mass is 693 g/mol. The van der Waals surface area contributed by atoms with Crippen LogP contribution in [0.25, 0.3) is 78.7 Å². The summed E-state index contributed by atoms with van der Waals surface area (Å²) in [5.74, 6) is 1.99. The summed E-state index contributed by atoms with van der Waals surface area (Å²) in [5.41, 5.74) is 16.3. The number of fused-ring (bicyclic) bond motifs is 5. The van der Waals surface area contributed by atoms with Gasteiger partial charge in [-0.05, 0) is 74.5 Å². The molecule has 54 heavy (non-hydrogen) atoms. The largest absolute Gasteiger partial charge is 0.208 e. The molecule has 1 spiro atoms. The van der Waals surface area contributed by atoms with Crippen molar-refractivity contribution in [1.82, 2.24) is 15.0 Å². The summed E-state index contributed by atoms with van der Waals surface area (Å²) < 4.78 is 0. The van der Waals surface area contributed by atoms with Gasteiger partial charge in [0.2, 0.25) is 0 Å². The Balaban J connectivity index is 0.946. The predicted octanol–water partition coefficient (Wildman–Crippen LogP) is 13.1.